The Kier molecular flexibility index (Phi) is 3.41. The lowest BCUT2D eigenvalue weighted by Crippen LogP contribution is -2.28. The minimum Gasteiger partial charge on any atom is -0.478 e. The molecule has 0 saturated heterocycles. The first kappa shape index (κ1) is 14.5. The van der Waals surface area contributed by atoms with Gasteiger partial charge in [-0.25, -0.2) is 14.6 Å². The fraction of sp³-hybridized carbons (Fsp3) is 0.0667. The third-order valence-corrected chi connectivity index (χ3v) is 3.36. The molecule has 2 heterocycles. The van der Waals surface area contributed by atoms with Gasteiger partial charge in [0.2, 0.25) is 0 Å². The molecule has 8 nitrogen and oxygen atoms in total. The zero-order valence-corrected chi connectivity index (χ0v) is 12.0. The molecule has 0 saturated carbocycles. The van der Waals surface area contributed by atoms with E-state index < -0.39 is 17.2 Å². The van der Waals surface area contributed by atoms with Gasteiger partial charge in [-0.1, -0.05) is 24.3 Å². The number of nitrogens with one attached hydrogen (secondary N) is 2. The van der Waals surface area contributed by atoms with E-state index in [-0.39, 0.29) is 11.2 Å². The number of hydrogen-bond donors (Lipinski definition) is 3. The first-order valence-corrected chi connectivity index (χ1v) is 6.66. The van der Waals surface area contributed by atoms with Crippen LogP contribution in [0.3, 0.4) is 0 Å². The van der Waals surface area contributed by atoms with E-state index in [2.05, 4.69) is 15.0 Å². The highest BCUT2D eigenvalue weighted by molar-refractivity contribution is 5.85. The van der Waals surface area contributed by atoms with E-state index in [4.69, 9.17) is 5.11 Å². The summed E-state index contributed by atoms with van der Waals surface area (Å²) < 4.78 is 1.25. The van der Waals surface area contributed by atoms with Gasteiger partial charge in [-0.05, 0) is 11.6 Å². The first-order chi connectivity index (χ1) is 11.0. The van der Waals surface area contributed by atoms with Crippen LogP contribution in [0.1, 0.15) is 5.56 Å². The summed E-state index contributed by atoms with van der Waals surface area (Å²) in [5.74, 6) is -0.577. The number of aryl methyl sites for hydroxylation is 1. The number of carboxylic acids is 1. The number of aromatic amines is 2. The number of benzene rings is 1. The van der Waals surface area contributed by atoms with Gasteiger partial charge in [0.05, 0.1) is 0 Å². The molecule has 0 fully saturated rings. The maximum absolute atomic E-state index is 11.8. The molecule has 3 rings (SSSR count). The SMILES string of the molecule is Cn1c(=O)[nH]c(=O)c2[nH]c(-c3ccc(C=CC(=O)O)cc3)nc21. The summed E-state index contributed by atoms with van der Waals surface area (Å²) in [6.45, 7) is 0. The maximum atomic E-state index is 11.8. The molecule has 0 aliphatic heterocycles. The number of H-pyrrole nitrogens is 2. The van der Waals surface area contributed by atoms with Crippen LogP contribution in [0.2, 0.25) is 0 Å². The van der Waals surface area contributed by atoms with Crippen LogP contribution < -0.4 is 11.2 Å². The van der Waals surface area contributed by atoms with Crippen molar-refractivity contribution in [3.63, 3.8) is 0 Å². The average Bonchev–Trinajstić information content (AvgIpc) is 2.97. The molecule has 0 aliphatic rings. The van der Waals surface area contributed by atoms with Crippen molar-refractivity contribution < 1.29 is 9.90 Å². The predicted octanol–water partition coefficient (Wildman–Crippen LogP) is 0.715. The highest BCUT2D eigenvalue weighted by Gasteiger charge is 2.11. The molecular weight excluding hydrogens is 300 g/mol. The average molecular weight is 312 g/mol. The Morgan fingerprint density at radius 3 is 2.57 bits per heavy atom. The predicted molar refractivity (Wildman–Crippen MR) is 84.1 cm³/mol. The van der Waals surface area contributed by atoms with Crippen LogP contribution >= 0.6 is 0 Å². The van der Waals surface area contributed by atoms with Crippen LogP contribution in [-0.2, 0) is 11.8 Å². The first-order valence-electron chi connectivity index (χ1n) is 6.66. The second-order valence-corrected chi connectivity index (χ2v) is 4.90. The fourth-order valence-electron chi connectivity index (χ4n) is 2.16. The molecular formula is C15H12N4O4. The van der Waals surface area contributed by atoms with Crippen LogP contribution in [-0.4, -0.2) is 30.6 Å². The van der Waals surface area contributed by atoms with Crippen LogP contribution in [0.25, 0.3) is 28.6 Å². The number of hydrogen-bond acceptors (Lipinski definition) is 4. The molecule has 0 bridgehead atoms. The van der Waals surface area contributed by atoms with Gasteiger partial charge in [0, 0.05) is 18.7 Å². The summed E-state index contributed by atoms with van der Waals surface area (Å²) in [4.78, 5) is 43.2. The smallest absolute Gasteiger partial charge is 0.329 e. The Hall–Kier alpha value is -3.42. The summed E-state index contributed by atoms with van der Waals surface area (Å²) in [5.41, 5.74) is 0.858. The summed E-state index contributed by atoms with van der Waals surface area (Å²) in [7, 11) is 1.52. The number of fused-ring (bicyclic) bond motifs is 1. The molecule has 3 N–H and O–H groups in total. The molecule has 0 spiro atoms. The molecule has 8 heteroatoms. The molecule has 0 atom stereocenters. The standard InChI is InChI=1S/C15H12N4O4/c1-19-13-11(14(22)18-15(19)23)16-12(17-13)9-5-2-8(3-6-9)4-7-10(20)21/h2-7H,1H3,(H,16,17)(H,20,21)(H,18,22,23). The van der Waals surface area contributed by atoms with Crippen molar-refractivity contribution in [2.45, 2.75) is 0 Å². The molecule has 0 unspecified atom stereocenters. The number of rotatable bonds is 3. The van der Waals surface area contributed by atoms with Crippen LogP contribution in [0.5, 0.6) is 0 Å². The summed E-state index contributed by atoms with van der Waals surface area (Å²) >= 11 is 0. The van der Waals surface area contributed by atoms with E-state index >= 15 is 0 Å². The molecule has 0 radical (unpaired) electrons. The molecule has 1 aromatic carbocycles. The van der Waals surface area contributed by atoms with Crippen molar-refractivity contribution in [1.82, 2.24) is 19.5 Å². The Balaban J connectivity index is 2.05. The molecule has 3 aromatic rings. The highest BCUT2D eigenvalue weighted by atomic mass is 16.4. The summed E-state index contributed by atoms with van der Waals surface area (Å²) in [5, 5.41) is 8.60. The topological polar surface area (TPSA) is 121 Å². The Morgan fingerprint density at radius 1 is 1.22 bits per heavy atom. The molecule has 23 heavy (non-hydrogen) atoms. The number of imidazole rings is 1. The monoisotopic (exact) mass is 312 g/mol. The number of carbonyl (C=O) groups is 1. The quantitative estimate of drug-likeness (QED) is 0.615. The van der Waals surface area contributed by atoms with Crippen molar-refractivity contribution in [2.75, 3.05) is 0 Å². The zero-order valence-electron chi connectivity index (χ0n) is 12.0. The lowest BCUT2D eigenvalue weighted by Gasteiger charge is -1.97. The van der Waals surface area contributed by atoms with E-state index in [0.717, 1.165) is 11.6 Å². The Morgan fingerprint density at radius 2 is 1.91 bits per heavy atom. The van der Waals surface area contributed by atoms with Gasteiger partial charge in [-0.2, -0.15) is 0 Å². The minimum atomic E-state index is -1.02. The minimum absolute atomic E-state index is 0.219. The Labute approximate surface area is 128 Å². The largest absolute Gasteiger partial charge is 0.478 e. The van der Waals surface area contributed by atoms with E-state index in [1.807, 2.05) is 0 Å². The summed E-state index contributed by atoms with van der Waals surface area (Å²) in [6, 6.07) is 6.94. The van der Waals surface area contributed by atoms with Gasteiger partial charge in [-0.15, -0.1) is 0 Å². The van der Waals surface area contributed by atoms with E-state index in [1.54, 1.807) is 24.3 Å². The number of nitrogens with zero attached hydrogens (tertiary/aromatic N) is 2. The third-order valence-electron chi connectivity index (χ3n) is 3.36. The zero-order chi connectivity index (χ0) is 16.6. The maximum Gasteiger partial charge on any atom is 0.329 e. The summed E-state index contributed by atoms with van der Waals surface area (Å²) in [6.07, 6.45) is 2.52. The van der Waals surface area contributed by atoms with Gasteiger partial charge in [-0.3, -0.25) is 14.3 Å². The van der Waals surface area contributed by atoms with Gasteiger partial charge in [0.1, 0.15) is 11.3 Å². The normalized spacial score (nSPS) is 11.3. The van der Waals surface area contributed by atoms with Crippen molar-refractivity contribution in [2.24, 2.45) is 7.05 Å². The van der Waals surface area contributed by atoms with Crippen LogP contribution in [0, 0.1) is 0 Å². The number of carboxylic acid groups (broad SMARTS) is 1. The lowest BCUT2D eigenvalue weighted by atomic mass is 10.1. The molecule has 116 valence electrons. The molecule has 0 aliphatic carbocycles. The van der Waals surface area contributed by atoms with Gasteiger partial charge >= 0.3 is 11.7 Å². The number of aliphatic carboxylic acids is 1. The van der Waals surface area contributed by atoms with E-state index in [9.17, 15) is 14.4 Å². The second-order valence-electron chi connectivity index (χ2n) is 4.90. The molecule has 2 aromatic heterocycles. The van der Waals surface area contributed by atoms with Crippen molar-refractivity contribution in [3.05, 3.63) is 56.7 Å². The van der Waals surface area contributed by atoms with Gasteiger partial charge < -0.3 is 10.1 Å². The highest BCUT2D eigenvalue weighted by Crippen LogP contribution is 2.19. The molecule has 0 amide bonds. The van der Waals surface area contributed by atoms with Crippen molar-refractivity contribution in [3.8, 4) is 11.4 Å². The van der Waals surface area contributed by atoms with E-state index in [0.29, 0.717) is 11.4 Å². The third kappa shape index (κ3) is 2.69. The van der Waals surface area contributed by atoms with Crippen LogP contribution in [0.15, 0.2) is 39.9 Å². The van der Waals surface area contributed by atoms with Crippen molar-refractivity contribution in [1.29, 1.82) is 0 Å². The Bertz CT molecular complexity index is 1040. The van der Waals surface area contributed by atoms with Crippen molar-refractivity contribution >= 4 is 23.2 Å². The van der Waals surface area contributed by atoms with Gasteiger partial charge in [0.25, 0.3) is 5.56 Å². The van der Waals surface area contributed by atoms with Gasteiger partial charge in [0.15, 0.2) is 5.65 Å². The number of aromatic nitrogens is 4. The lowest BCUT2D eigenvalue weighted by molar-refractivity contribution is -0.131. The van der Waals surface area contributed by atoms with Crippen LogP contribution in [0.4, 0.5) is 0 Å². The second kappa shape index (κ2) is 5.41. The fourth-order valence-corrected chi connectivity index (χ4v) is 2.16. The van der Waals surface area contributed by atoms with E-state index in [1.165, 1.54) is 17.7 Å².